The van der Waals surface area contributed by atoms with Crippen molar-refractivity contribution in [2.45, 2.75) is 20.3 Å². The van der Waals surface area contributed by atoms with Gasteiger partial charge in [0.1, 0.15) is 10.6 Å². The third kappa shape index (κ3) is 5.29. The van der Waals surface area contributed by atoms with Crippen LogP contribution in [0.25, 0.3) is 10.1 Å². The Bertz CT molecular complexity index is 1050. The minimum atomic E-state index is -0.476. The Morgan fingerprint density at radius 2 is 1.86 bits per heavy atom. The largest absolute Gasteiger partial charge is 0.493 e. The van der Waals surface area contributed by atoms with Crippen molar-refractivity contribution in [3.05, 3.63) is 62.4 Å². The second-order valence-corrected chi connectivity index (χ2v) is 9.17. The van der Waals surface area contributed by atoms with Crippen molar-refractivity contribution in [2.75, 3.05) is 6.61 Å². The highest BCUT2D eigenvalue weighted by atomic mass is 79.9. The fourth-order valence-corrected chi connectivity index (χ4v) is 4.38. The minimum Gasteiger partial charge on any atom is -0.493 e. The molecule has 1 heterocycles. The summed E-state index contributed by atoms with van der Waals surface area (Å²) in [5.41, 5.74) is 5.21. The summed E-state index contributed by atoms with van der Waals surface area (Å²) in [6.07, 6.45) is 0.873. The molecule has 0 saturated heterocycles. The van der Waals surface area contributed by atoms with Crippen LogP contribution in [0, 0.1) is 5.92 Å². The Kier molecular flexibility index (Phi) is 7.16. The van der Waals surface area contributed by atoms with Crippen LogP contribution in [0.4, 0.5) is 0 Å². The van der Waals surface area contributed by atoms with Crippen LogP contribution < -0.4 is 15.6 Å². The van der Waals surface area contributed by atoms with Crippen LogP contribution in [0.2, 0.25) is 5.02 Å². The summed E-state index contributed by atoms with van der Waals surface area (Å²) in [6.45, 7) is 4.71. The van der Waals surface area contributed by atoms with Gasteiger partial charge in [-0.15, -0.1) is 11.3 Å². The first kappa shape index (κ1) is 21.6. The van der Waals surface area contributed by atoms with Gasteiger partial charge in [-0.05, 0) is 36.6 Å². The van der Waals surface area contributed by atoms with E-state index >= 15 is 0 Å². The summed E-state index contributed by atoms with van der Waals surface area (Å²) in [7, 11) is 0. The lowest BCUT2D eigenvalue weighted by Crippen LogP contribution is -2.41. The average Bonchev–Trinajstić information content (AvgIpc) is 3.03. The van der Waals surface area contributed by atoms with E-state index in [9.17, 15) is 9.59 Å². The van der Waals surface area contributed by atoms with Crippen molar-refractivity contribution < 1.29 is 14.3 Å². The lowest BCUT2D eigenvalue weighted by atomic mass is 10.1. The summed E-state index contributed by atoms with van der Waals surface area (Å²) in [5, 5.41) is 1.18. The molecule has 1 aromatic heterocycles. The molecule has 0 saturated carbocycles. The zero-order valence-corrected chi connectivity index (χ0v) is 19.1. The predicted octanol–water partition coefficient (Wildman–Crippen LogP) is 5.82. The van der Waals surface area contributed by atoms with Crippen LogP contribution >= 0.6 is 38.9 Å². The molecule has 2 amide bonds. The molecule has 152 valence electrons. The van der Waals surface area contributed by atoms with Gasteiger partial charge < -0.3 is 4.74 Å². The van der Waals surface area contributed by atoms with Crippen molar-refractivity contribution in [2.24, 2.45) is 5.92 Å². The number of benzene rings is 2. The highest BCUT2D eigenvalue weighted by Gasteiger charge is 2.19. The standard InChI is InChI=1S/C21H20BrClN2O3S/c1-12(2)9-10-28-16-8-7-13(22)11-15(16)20(26)24-25-21(27)19-18(23)14-5-3-4-6-17(14)29-19/h3-8,11-12H,9-10H2,1-2H3,(H,24,26)(H,25,27). The number of carbonyl (C=O) groups is 2. The van der Waals surface area contributed by atoms with E-state index in [4.69, 9.17) is 16.3 Å². The fourth-order valence-electron chi connectivity index (χ4n) is 2.61. The molecule has 3 rings (SSSR count). The van der Waals surface area contributed by atoms with Gasteiger partial charge in [0.2, 0.25) is 0 Å². The van der Waals surface area contributed by atoms with E-state index in [-0.39, 0.29) is 0 Å². The van der Waals surface area contributed by atoms with Gasteiger partial charge in [0, 0.05) is 14.6 Å². The Balaban J connectivity index is 1.70. The van der Waals surface area contributed by atoms with E-state index in [1.165, 1.54) is 11.3 Å². The maximum Gasteiger partial charge on any atom is 0.281 e. The lowest BCUT2D eigenvalue weighted by Gasteiger charge is -2.13. The van der Waals surface area contributed by atoms with Crippen LogP contribution in [0.15, 0.2) is 46.9 Å². The van der Waals surface area contributed by atoms with Crippen molar-refractivity contribution >= 4 is 60.8 Å². The molecule has 8 heteroatoms. The lowest BCUT2D eigenvalue weighted by molar-refractivity contribution is 0.0846. The second-order valence-electron chi connectivity index (χ2n) is 6.82. The Morgan fingerprint density at radius 3 is 2.59 bits per heavy atom. The first-order valence-electron chi connectivity index (χ1n) is 9.07. The molecule has 0 aliphatic carbocycles. The first-order valence-corrected chi connectivity index (χ1v) is 11.1. The quantitative estimate of drug-likeness (QED) is 0.424. The van der Waals surface area contributed by atoms with E-state index < -0.39 is 11.8 Å². The number of thiophene rings is 1. The van der Waals surface area contributed by atoms with Crippen LogP contribution in [0.5, 0.6) is 5.75 Å². The zero-order valence-electron chi connectivity index (χ0n) is 15.9. The molecule has 2 aromatic carbocycles. The number of halogens is 2. The summed E-state index contributed by atoms with van der Waals surface area (Å²) >= 11 is 11.0. The average molecular weight is 496 g/mol. The number of hydrogen-bond acceptors (Lipinski definition) is 4. The summed E-state index contributed by atoms with van der Waals surface area (Å²) < 4.78 is 7.40. The van der Waals surface area contributed by atoms with Gasteiger partial charge in [-0.25, -0.2) is 0 Å². The molecule has 0 spiro atoms. The van der Waals surface area contributed by atoms with E-state index in [0.29, 0.717) is 33.7 Å². The van der Waals surface area contributed by atoms with Crippen LogP contribution in [-0.2, 0) is 0 Å². The number of rotatable bonds is 6. The fraction of sp³-hybridized carbons (Fsp3) is 0.238. The number of fused-ring (bicyclic) bond motifs is 1. The van der Waals surface area contributed by atoms with Crippen molar-refractivity contribution in [1.82, 2.24) is 10.9 Å². The highest BCUT2D eigenvalue weighted by Crippen LogP contribution is 2.34. The number of amides is 2. The molecule has 29 heavy (non-hydrogen) atoms. The predicted molar refractivity (Wildman–Crippen MR) is 121 cm³/mol. The SMILES string of the molecule is CC(C)CCOc1ccc(Br)cc1C(=O)NNC(=O)c1sc2ccccc2c1Cl. The number of hydrazine groups is 1. The summed E-state index contributed by atoms with van der Waals surface area (Å²) in [4.78, 5) is 25.5. The third-order valence-electron chi connectivity index (χ3n) is 4.17. The van der Waals surface area contributed by atoms with Crippen molar-refractivity contribution in [3.63, 3.8) is 0 Å². The van der Waals surface area contributed by atoms with Crippen molar-refractivity contribution in [1.29, 1.82) is 0 Å². The molecule has 0 unspecified atom stereocenters. The van der Waals surface area contributed by atoms with Crippen LogP contribution in [0.1, 0.15) is 40.3 Å². The third-order valence-corrected chi connectivity index (χ3v) is 6.34. The van der Waals surface area contributed by atoms with Gasteiger partial charge in [-0.1, -0.05) is 59.6 Å². The zero-order chi connectivity index (χ0) is 21.0. The molecule has 5 nitrogen and oxygen atoms in total. The topological polar surface area (TPSA) is 67.4 Å². The number of ether oxygens (including phenoxy) is 1. The van der Waals surface area contributed by atoms with Gasteiger partial charge in [0.15, 0.2) is 0 Å². The molecule has 0 fully saturated rings. The number of nitrogens with one attached hydrogen (secondary N) is 2. The molecule has 3 aromatic rings. The molecular formula is C21H20BrClN2O3S. The van der Waals surface area contributed by atoms with E-state index in [2.05, 4.69) is 40.6 Å². The first-order chi connectivity index (χ1) is 13.9. The molecule has 0 aliphatic rings. The smallest absolute Gasteiger partial charge is 0.281 e. The molecule has 0 aliphatic heterocycles. The van der Waals surface area contributed by atoms with Gasteiger partial charge in [-0.2, -0.15) is 0 Å². The monoisotopic (exact) mass is 494 g/mol. The Labute approximate surface area is 186 Å². The van der Waals surface area contributed by atoms with Gasteiger partial charge in [-0.3, -0.25) is 20.4 Å². The normalized spacial score (nSPS) is 10.9. The number of hydrogen-bond donors (Lipinski definition) is 2. The van der Waals surface area contributed by atoms with E-state index in [1.54, 1.807) is 18.2 Å². The maximum atomic E-state index is 12.7. The molecule has 0 radical (unpaired) electrons. The highest BCUT2D eigenvalue weighted by molar-refractivity contribution is 9.10. The molecule has 2 N–H and O–H groups in total. The number of carbonyl (C=O) groups excluding carboxylic acids is 2. The summed E-state index contributed by atoms with van der Waals surface area (Å²) in [6, 6.07) is 12.7. The van der Waals surface area contributed by atoms with Crippen LogP contribution in [0.3, 0.4) is 0 Å². The van der Waals surface area contributed by atoms with Gasteiger partial charge >= 0.3 is 0 Å². The van der Waals surface area contributed by atoms with Gasteiger partial charge in [0.05, 0.1) is 17.2 Å². The van der Waals surface area contributed by atoms with Gasteiger partial charge in [0.25, 0.3) is 11.8 Å². The van der Waals surface area contributed by atoms with E-state index in [0.717, 1.165) is 21.0 Å². The summed E-state index contributed by atoms with van der Waals surface area (Å²) in [5.74, 6) is 0.00631. The Morgan fingerprint density at radius 1 is 1.14 bits per heavy atom. The Hall–Kier alpha value is -2.09. The minimum absolute atomic E-state index is 0.325. The maximum absolute atomic E-state index is 12.7. The van der Waals surface area contributed by atoms with Crippen molar-refractivity contribution in [3.8, 4) is 5.75 Å². The second kappa shape index (κ2) is 9.61. The van der Waals surface area contributed by atoms with E-state index in [1.807, 2.05) is 24.3 Å². The molecular weight excluding hydrogens is 476 g/mol. The van der Waals surface area contributed by atoms with Crippen LogP contribution in [-0.4, -0.2) is 18.4 Å². The molecule has 0 atom stereocenters. The molecule has 0 bridgehead atoms.